The first-order chi connectivity index (χ1) is 11.2. The molecule has 0 fully saturated rings. The van der Waals surface area contributed by atoms with Crippen molar-refractivity contribution in [3.8, 4) is 11.3 Å². The van der Waals surface area contributed by atoms with Gasteiger partial charge in [0.05, 0.1) is 5.69 Å². The first kappa shape index (κ1) is 15.2. The molecule has 0 atom stereocenters. The van der Waals surface area contributed by atoms with Gasteiger partial charge in [-0.1, -0.05) is 42.5 Å². The molecule has 0 radical (unpaired) electrons. The van der Waals surface area contributed by atoms with Crippen molar-refractivity contribution in [3.05, 3.63) is 77.9 Å². The van der Waals surface area contributed by atoms with Crippen LogP contribution in [0.3, 0.4) is 0 Å². The standard InChI is InChI=1S/C19H18FN3/c1-14-22-18(16-9-5-6-10-17(16)20)13-19(23-14)21-12-11-15-7-3-2-4-8-15/h2-10,13H,11-12H2,1H3,(H,21,22,23). The number of aryl methyl sites for hydroxylation is 1. The van der Waals surface area contributed by atoms with Crippen molar-refractivity contribution < 1.29 is 4.39 Å². The Balaban J connectivity index is 1.74. The van der Waals surface area contributed by atoms with E-state index in [4.69, 9.17) is 0 Å². The highest BCUT2D eigenvalue weighted by atomic mass is 19.1. The molecule has 1 heterocycles. The van der Waals surface area contributed by atoms with Crippen LogP contribution in [0.25, 0.3) is 11.3 Å². The molecule has 0 unspecified atom stereocenters. The van der Waals surface area contributed by atoms with Gasteiger partial charge in [-0.2, -0.15) is 0 Å². The van der Waals surface area contributed by atoms with Crippen LogP contribution < -0.4 is 5.32 Å². The van der Waals surface area contributed by atoms with Crippen molar-refractivity contribution in [2.24, 2.45) is 0 Å². The van der Waals surface area contributed by atoms with E-state index >= 15 is 0 Å². The number of rotatable bonds is 5. The molecule has 0 saturated heterocycles. The highest BCUT2D eigenvalue weighted by Crippen LogP contribution is 2.22. The van der Waals surface area contributed by atoms with E-state index in [9.17, 15) is 4.39 Å². The van der Waals surface area contributed by atoms with E-state index in [-0.39, 0.29) is 5.82 Å². The lowest BCUT2D eigenvalue weighted by atomic mass is 10.1. The van der Waals surface area contributed by atoms with Gasteiger partial charge in [-0.3, -0.25) is 0 Å². The smallest absolute Gasteiger partial charge is 0.132 e. The first-order valence-electron chi connectivity index (χ1n) is 7.61. The topological polar surface area (TPSA) is 37.8 Å². The summed E-state index contributed by atoms with van der Waals surface area (Å²) < 4.78 is 13.9. The van der Waals surface area contributed by atoms with E-state index in [2.05, 4.69) is 27.4 Å². The van der Waals surface area contributed by atoms with Crippen LogP contribution in [0.15, 0.2) is 60.7 Å². The summed E-state index contributed by atoms with van der Waals surface area (Å²) in [4.78, 5) is 8.72. The fourth-order valence-corrected chi connectivity index (χ4v) is 2.44. The summed E-state index contributed by atoms with van der Waals surface area (Å²) in [6, 6.07) is 18.7. The van der Waals surface area contributed by atoms with Crippen molar-refractivity contribution in [1.29, 1.82) is 0 Å². The quantitative estimate of drug-likeness (QED) is 0.766. The molecule has 23 heavy (non-hydrogen) atoms. The zero-order chi connectivity index (χ0) is 16.1. The van der Waals surface area contributed by atoms with E-state index in [1.165, 1.54) is 11.6 Å². The fourth-order valence-electron chi connectivity index (χ4n) is 2.44. The maximum atomic E-state index is 13.9. The number of nitrogens with zero attached hydrogens (tertiary/aromatic N) is 2. The number of halogens is 1. The zero-order valence-electron chi connectivity index (χ0n) is 13.0. The number of aromatic nitrogens is 2. The van der Waals surface area contributed by atoms with Crippen molar-refractivity contribution in [2.45, 2.75) is 13.3 Å². The third-order valence-corrected chi connectivity index (χ3v) is 3.55. The third-order valence-electron chi connectivity index (χ3n) is 3.55. The van der Waals surface area contributed by atoms with Gasteiger partial charge in [0.2, 0.25) is 0 Å². The molecule has 3 rings (SSSR count). The number of hydrogen-bond acceptors (Lipinski definition) is 3. The average molecular weight is 307 g/mol. The number of benzene rings is 2. The maximum Gasteiger partial charge on any atom is 0.132 e. The monoisotopic (exact) mass is 307 g/mol. The summed E-state index contributed by atoms with van der Waals surface area (Å²) in [5.41, 5.74) is 2.35. The largest absolute Gasteiger partial charge is 0.370 e. The Hall–Kier alpha value is -2.75. The second-order valence-corrected chi connectivity index (χ2v) is 5.33. The summed E-state index contributed by atoms with van der Waals surface area (Å²) in [6.07, 6.45) is 0.902. The lowest BCUT2D eigenvalue weighted by Crippen LogP contribution is -2.08. The van der Waals surface area contributed by atoms with Crippen LogP contribution >= 0.6 is 0 Å². The minimum Gasteiger partial charge on any atom is -0.370 e. The van der Waals surface area contributed by atoms with Crippen molar-refractivity contribution in [2.75, 3.05) is 11.9 Å². The Labute approximate surface area is 135 Å². The van der Waals surface area contributed by atoms with E-state index in [1.54, 1.807) is 24.3 Å². The van der Waals surface area contributed by atoms with Crippen molar-refractivity contribution >= 4 is 5.82 Å². The molecule has 0 bridgehead atoms. The van der Waals surface area contributed by atoms with Crippen LogP contribution in [0.1, 0.15) is 11.4 Å². The van der Waals surface area contributed by atoms with Gasteiger partial charge in [0, 0.05) is 18.2 Å². The third kappa shape index (κ3) is 3.92. The summed E-state index contributed by atoms with van der Waals surface area (Å²) in [7, 11) is 0. The number of nitrogens with one attached hydrogen (secondary N) is 1. The van der Waals surface area contributed by atoms with Gasteiger partial charge in [-0.25, -0.2) is 14.4 Å². The van der Waals surface area contributed by atoms with Gasteiger partial charge < -0.3 is 5.32 Å². The van der Waals surface area contributed by atoms with E-state index in [1.807, 2.05) is 25.1 Å². The fraction of sp³-hybridized carbons (Fsp3) is 0.158. The molecule has 4 heteroatoms. The predicted octanol–water partition coefficient (Wildman–Crippen LogP) is 4.25. The average Bonchev–Trinajstić information content (AvgIpc) is 2.56. The van der Waals surface area contributed by atoms with Crippen LogP contribution in [0.2, 0.25) is 0 Å². The molecule has 0 aliphatic carbocycles. The molecular weight excluding hydrogens is 289 g/mol. The van der Waals surface area contributed by atoms with Gasteiger partial charge in [-0.15, -0.1) is 0 Å². The van der Waals surface area contributed by atoms with Gasteiger partial charge in [0.1, 0.15) is 17.5 Å². The highest BCUT2D eigenvalue weighted by Gasteiger charge is 2.08. The second-order valence-electron chi connectivity index (χ2n) is 5.33. The molecule has 1 aromatic heterocycles. The minimum absolute atomic E-state index is 0.277. The molecule has 1 N–H and O–H groups in total. The Bertz CT molecular complexity index is 788. The highest BCUT2D eigenvalue weighted by molar-refractivity contribution is 5.63. The Morgan fingerprint density at radius 2 is 1.70 bits per heavy atom. The van der Waals surface area contributed by atoms with Crippen LogP contribution in [-0.2, 0) is 6.42 Å². The Kier molecular flexibility index (Phi) is 4.62. The molecule has 0 spiro atoms. The van der Waals surface area contributed by atoms with Crippen LogP contribution in [0.5, 0.6) is 0 Å². The van der Waals surface area contributed by atoms with Gasteiger partial charge in [0.15, 0.2) is 0 Å². The second kappa shape index (κ2) is 7.01. The van der Waals surface area contributed by atoms with E-state index in [0.29, 0.717) is 22.9 Å². The molecule has 0 saturated carbocycles. The molecular formula is C19H18FN3. The summed E-state index contributed by atoms with van der Waals surface area (Å²) >= 11 is 0. The van der Waals surface area contributed by atoms with Crippen LogP contribution in [0, 0.1) is 12.7 Å². The Morgan fingerprint density at radius 3 is 2.48 bits per heavy atom. The molecule has 0 amide bonds. The molecule has 3 aromatic rings. The van der Waals surface area contributed by atoms with Crippen molar-refractivity contribution in [1.82, 2.24) is 9.97 Å². The molecule has 0 aliphatic heterocycles. The summed E-state index contributed by atoms with van der Waals surface area (Å²) in [5, 5.41) is 3.29. The zero-order valence-corrected chi connectivity index (χ0v) is 13.0. The molecule has 116 valence electrons. The van der Waals surface area contributed by atoms with Crippen LogP contribution in [0.4, 0.5) is 10.2 Å². The maximum absolute atomic E-state index is 13.9. The lowest BCUT2D eigenvalue weighted by molar-refractivity contribution is 0.630. The Morgan fingerprint density at radius 1 is 0.957 bits per heavy atom. The lowest BCUT2D eigenvalue weighted by Gasteiger charge is -2.09. The molecule has 0 aliphatic rings. The van der Waals surface area contributed by atoms with Crippen molar-refractivity contribution in [3.63, 3.8) is 0 Å². The van der Waals surface area contributed by atoms with Gasteiger partial charge in [0.25, 0.3) is 0 Å². The number of hydrogen-bond donors (Lipinski definition) is 1. The molecule has 2 aromatic carbocycles. The van der Waals surface area contributed by atoms with E-state index < -0.39 is 0 Å². The summed E-state index contributed by atoms with van der Waals surface area (Å²) in [5.74, 6) is 1.06. The number of anilines is 1. The first-order valence-corrected chi connectivity index (χ1v) is 7.61. The summed E-state index contributed by atoms with van der Waals surface area (Å²) in [6.45, 7) is 2.57. The van der Waals surface area contributed by atoms with Crippen LogP contribution in [-0.4, -0.2) is 16.5 Å². The predicted molar refractivity (Wildman–Crippen MR) is 90.8 cm³/mol. The van der Waals surface area contributed by atoms with Gasteiger partial charge >= 0.3 is 0 Å². The van der Waals surface area contributed by atoms with Gasteiger partial charge in [-0.05, 0) is 31.0 Å². The van der Waals surface area contributed by atoms with E-state index in [0.717, 1.165) is 13.0 Å². The minimum atomic E-state index is -0.277. The molecule has 3 nitrogen and oxygen atoms in total. The SMILES string of the molecule is Cc1nc(NCCc2ccccc2)cc(-c2ccccc2F)n1. The normalized spacial score (nSPS) is 10.5.